The Bertz CT molecular complexity index is 1240. The van der Waals surface area contributed by atoms with Crippen molar-refractivity contribution in [3.8, 4) is 0 Å². The molecular weight excluding hydrogens is 686 g/mol. The van der Waals surface area contributed by atoms with Crippen LogP contribution in [0.1, 0.15) is 71.1 Å². The minimum absolute atomic E-state index is 0.100. The van der Waals surface area contributed by atoms with Crippen LogP contribution in [-0.4, -0.2) is 133 Å². The fraction of sp³-hybridized carbons (Fsp3) is 0.679. The molecule has 23 heteroatoms. The second kappa shape index (κ2) is 24.1. The molecule has 0 rings (SSSR count). The Morgan fingerprint density at radius 3 is 1.27 bits per heavy atom. The summed E-state index contributed by atoms with van der Waals surface area (Å²) in [5, 5.41) is 68.0. The molecule has 0 fully saturated rings. The Kier molecular flexibility index (Phi) is 21.7. The molecule has 17 N–H and O–H groups in total. The van der Waals surface area contributed by atoms with Crippen molar-refractivity contribution in [2.24, 2.45) is 22.2 Å². The minimum atomic E-state index is -2.19. The molecule has 0 aliphatic heterocycles. The quantitative estimate of drug-likeness (QED) is 0.0170. The van der Waals surface area contributed by atoms with Gasteiger partial charge in [-0.3, -0.25) is 33.8 Å². The van der Waals surface area contributed by atoms with Crippen LogP contribution < -0.4 is 43.8 Å². The average molecular weight is 736 g/mol. The smallest absolute Gasteiger partial charge is 0.326 e. The van der Waals surface area contributed by atoms with Crippen LogP contribution >= 0.6 is 0 Å². The van der Waals surface area contributed by atoms with Crippen LogP contribution in [0.25, 0.3) is 0 Å². The van der Waals surface area contributed by atoms with E-state index in [0.29, 0.717) is 6.42 Å². The molecule has 0 aliphatic rings. The van der Waals surface area contributed by atoms with E-state index in [9.17, 15) is 69.0 Å². The maximum atomic E-state index is 12.5. The Balaban J connectivity index is 4.96. The van der Waals surface area contributed by atoms with E-state index < -0.39 is 135 Å². The van der Waals surface area contributed by atoms with Gasteiger partial charge < -0.3 is 74.4 Å². The summed E-state index contributed by atoms with van der Waals surface area (Å²) >= 11 is 0. The van der Waals surface area contributed by atoms with Crippen molar-refractivity contribution >= 4 is 53.3 Å². The summed E-state index contributed by atoms with van der Waals surface area (Å²) in [5.74, 6) is -7.94. The van der Waals surface area contributed by atoms with Gasteiger partial charge in [0.05, 0.1) is 12.1 Å². The van der Waals surface area contributed by atoms with Crippen molar-refractivity contribution in [1.29, 1.82) is 0 Å². The number of nitrogens with two attached hydrogens (primary N) is 3. The first kappa shape index (κ1) is 45.9. The Morgan fingerprint density at radius 1 is 0.549 bits per heavy atom. The van der Waals surface area contributed by atoms with E-state index in [2.05, 4.69) is 31.6 Å². The zero-order chi connectivity index (χ0) is 39.3. The number of aliphatic hydroxyl groups is 4. The molecule has 0 radical (unpaired) electrons. The lowest BCUT2D eigenvalue weighted by Gasteiger charge is -2.22. The SMILES string of the molecule is CC(=O)NC(CCC(=O)NC(CCC(=O)NC(CCC(=O)NC(CCC(=O)NC(CCCN=C(N)N)C(N)=O)C(=O)O)C(O)O)C(=O)O)C(O)O. The van der Waals surface area contributed by atoms with Crippen molar-refractivity contribution in [3.63, 3.8) is 0 Å². The fourth-order valence-corrected chi connectivity index (χ4v) is 4.36. The summed E-state index contributed by atoms with van der Waals surface area (Å²) in [4.78, 5) is 99.3. The van der Waals surface area contributed by atoms with E-state index in [-0.39, 0.29) is 25.3 Å². The van der Waals surface area contributed by atoms with Gasteiger partial charge in [0.25, 0.3) is 0 Å². The lowest BCUT2D eigenvalue weighted by molar-refractivity contribution is -0.142. The van der Waals surface area contributed by atoms with Gasteiger partial charge in [0.2, 0.25) is 35.4 Å². The number of carboxylic acids is 2. The number of amides is 6. The van der Waals surface area contributed by atoms with Gasteiger partial charge in [-0.1, -0.05) is 0 Å². The van der Waals surface area contributed by atoms with Gasteiger partial charge in [-0.2, -0.15) is 0 Å². The largest absolute Gasteiger partial charge is 0.480 e. The molecule has 0 heterocycles. The number of aliphatic hydroxyl groups excluding tert-OH is 2. The van der Waals surface area contributed by atoms with Crippen molar-refractivity contribution in [2.45, 2.75) is 114 Å². The summed E-state index contributed by atoms with van der Waals surface area (Å²) in [6, 6.07) is -6.87. The molecule has 6 amide bonds. The number of carbonyl (C=O) groups is 8. The number of aliphatic imine (C=N–C) groups is 1. The van der Waals surface area contributed by atoms with Gasteiger partial charge >= 0.3 is 11.9 Å². The molecule has 0 aromatic heterocycles. The molecule has 0 aromatic rings. The number of carboxylic acid groups (broad SMARTS) is 2. The third-order valence-corrected chi connectivity index (χ3v) is 7.03. The third-order valence-electron chi connectivity index (χ3n) is 7.03. The third kappa shape index (κ3) is 21.5. The Hall–Kier alpha value is -5.13. The molecule has 0 saturated heterocycles. The zero-order valence-corrected chi connectivity index (χ0v) is 27.9. The molecule has 0 saturated carbocycles. The molecule has 0 bridgehead atoms. The lowest BCUT2D eigenvalue weighted by atomic mass is 10.1. The number of hydrogen-bond acceptors (Lipinski definition) is 13. The van der Waals surface area contributed by atoms with Crippen LogP contribution in [0.2, 0.25) is 0 Å². The van der Waals surface area contributed by atoms with E-state index in [4.69, 9.17) is 17.2 Å². The topological polar surface area (TPSA) is 409 Å². The van der Waals surface area contributed by atoms with Crippen LogP contribution in [-0.2, 0) is 38.4 Å². The molecular formula is C28H49N9O14. The summed E-state index contributed by atoms with van der Waals surface area (Å²) in [6.07, 6.45) is -7.16. The number of hydrogen-bond donors (Lipinski definition) is 14. The first-order valence-corrected chi connectivity index (χ1v) is 15.7. The monoisotopic (exact) mass is 735 g/mol. The molecule has 5 atom stereocenters. The molecule has 5 unspecified atom stereocenters. The van der Waals surface area contributed by atoms with Gasteiger partial charge in [0, 0.05) is 39.2 Å². The first-order chi connectivity index (χ1) is 23.7. The number of guanidine groups is 1. The summed E-state index contributed by atoms with van der Waals surface area (Å²) in [7, 11) is 0. The van der Waals surface area contributed by atoms with Gasteiger partial charge in [0.15, 0.2) is 18.5 Å². The number of rotatable bonds is 26. The van der Waals surface area contributed by atoms with E-state index in [1.54, 1.807) is 0 Å². The van der Waals surface area contributed by atoms with Crippen molar-refractivity contribution in [3.05, 3.63) is 0 Å². The highest BCUT2D eigenvalue weighted by molar-refractivity contribution is 5.88. The summed E-state index contributed by atoms with van der Waals surface area (Å²) in [5.41, 5.74) is 15.7. The molecule has 0 aliphatic carbocycles. The number of nitrogens with zero attached hydrogens (tertiary/aromatic N) is 1. The molecule has 0 spiro atoms. The number of carbonyl (C=O) groups excluding carboxylic acids is 6. The normalized spacial score (nSPS) is 13.9. The molecule has 290 valence electrons. The molecule has 0 aromatic carbocycles. The first-order valence-electron chi connectivity index (χ1n) is 15.7. The van der Waals surface area contributed by atoms with Gasteiger partial charge in [0.1, 0.15) is 18.1 Å². The highest BCUT2D eigenvalue weighted by atomic mass is 16.5. The van der Waals surface area contributed by atoms with Crippen LogP contribution in [0.15, 0.2) is 4.99 Å². The van der Waals surface area contributed by atoms with Crippen LogP contribution in [0.4, 0.5) is 0 Å². The Morgan fingerprint density at radius 2 is 0.922 bits per heavy atom. The molecule has 23 nitrogen and oxygen atoms in total. The second-order valence-electron chi connectivity index (χ2n) is 11.4. The van der Waals surface area contributed by atoms with E-state index >= 15 is 0 Å². The Labute approximate surface area is 291 Å². The predicted molar refractivity (Wildman–Crippen MR) is 173 cm³/mol. The summed E-state index contributed by atoms with van der Waals surface area (Å²) < 4.78 is 0. The van der Waals surface area contributed by atoms with E-state index in [1.165, 1.54) is 0 Å². The highest BCUT2D eigenvalue weighted by Crippen LogP contribution is 2.08. The van der Waals surface area contributed by atoms with E-state index in [1.807, 2.05) is 0 Å². The average Bonchev–Trinajstić information content (AvgIpc) is 3.01. The number of aliphatic carboxylic acids is 2. The minimum Gasteiger partial charge on any atom is -0.480 e. The zero-order valence-electron chi connectivity index (χ0n) is 27.9. The summed E-state index contributed by atoms with van der Waals surface area (Å²) in [6.45, 7) is 1.29. The van der Waals surface area contributed by atoms with Gasteiger partial charge in [-0.15, -0.1) is 0 Å². The second-order valence-corrected chi connectivity index (χ2v) is 11.4. The highest BCUT2D eigenvalue weighted by Gasteiger charge is 2.27. The van der Waals surface area contributed by atoms with Crippen molar-refractivity contribution in [2.75, 3.05) is 6.54 Å². The molecule has 51 heavy (non-hydrogen) atoms. The van der Waals surface area contributed by atoms with Gasteiger partial charge in [-0.25, -0.2) is 9.59 Å². The number of nitrogens with one attached hydrogen (secondary N) is 5. The lowest BCUT2D eigenvalue weighted by Crippen LogP contribution is -2.47. The maximum absolute atomic E-state index is 12.5. The van der Waals surface area contributed by atoms with E-state index in [0.717, 1.165) is 6.92 Å². The van der Waals surface area contributed by atoms with Crippen molar-refractivity contribution in [1.82, 2.24) is 26.6 Å². The predicted octanol–water partition coefficient (Wildman–Crippen LogP) is -6.12. The van der Waals surface area contributed by atoms with Crippen LogP contribution in [0.3, 0.4) is 0 Å². The van der Waals surface area contributed by atoms with Gasteiger partial charge in [-0.05, 0) is 38.5 Å². The maximum Gasteiger partial charge on any atom is 0.326 e. The fourth-order valence-electron chi connectivity index (χ4n) is 4.36. The van der Waals surface area contributed by atoms with Crippen LogP contribution in [0, 0.1) is 0 Å². The van der Waals surface area contributed by atoms with Crippen LogP contribution in [0.5, 0.6) is 0 Å². The van der Waals surface area contributed by atoms with Crippen molar-refractivity contribution < 1.29 is 69.0 Å². The number of primary amides is 1. The standard InChI is InChI=1S/C28H49N9O14/c1-13(38)33-15(24(44)45)4-8-20(40)35-17(26(48)49)6-10-22(42)37-18(27(50)51)7-11-21(41)36-16(25(46)47)5-9-19(39)34-14(23(29)43)3-2-12-32-28(30)31/h14-18,24,27,44-45,50-51H,2-12H2,1H3,(H2,29,43)(H,33,38)(H,34,39)(H,35,40)(H,36,41)(H,37,42)(H,46,47)(H,48,49)(H4,30,31,32).